The summed E-state index contributed by atoms with van der Waals surface area (Å²) in [5.41, 5.74) is 5.81. The fraction of sp³-hybridized carbons (Fsp3) is 1.00. The molecule has 0 aliphatic heterocycles. The minimum atomic E-state index is -0.0714. The molecule has 0 spiro atoms. The molecule has 2 N–H and O–H groups in total. The van der Waals surface area contributed by atoms with Crippen molar-refractivity contribution < 1.29 is 9.47 Å². The molecule has 1 fully saturated rings. The molecule has 0 amide bonds. The first-order valence-electron chi connectivity index (χ1n) is 6.53. The van der Waals surface area contributed by atoms with Gasteiger partial charge in [-0.3, -0.25) is 0 Å². The van der Waals surface area contributed by atoms with Crippen molar-refractivity contribution in [3.63, 3.8) is 0 Å². The molecule has 0 radical (unpaired) electrons. The summed E-state index contributed by atoms with van der Waals surface area (Å²) in [6.07, 6.45) is 5.04. The van der Waals surface area contributed by atoms with E-state index in [4.69, 9.17) is 15.2 Å². The fourth-order valence-electron chi connectivity index (χ4n) is 2.53. The average molecular weight is 229 g/mol. The standard InChI is InChI=1S/C13H27NO2/c1-11(2)15-7-8-16-13(10-14)6-4-5-12(3)9-13/h11-12H,4-10,14H2,1-3H3. The van der Waals surface area contributed by atoms with Gasteiger partial charge in [-0.1, -0.05) is 19.8 Å². The van der Waals surface area contributed by atoms with Crippen LogP contribution in [0.1, 0.15) is 46.5 Å². The minimum Gasteiger partial charge on any atom is -0.376 e. The number of rotatable bonds is 6. The topological polar surface area (TPSA) is 44.5 Å². The molecular formula is C13H27NO2. The first-order valence-corrected chi connectivity index (χ1v) is 6.53. The van der Waals surface area contributed by atoms with Gasteiger partial charge >= 0.3 is 0 Å². The van der Waals surface area contributed by atoms with Crippen molar-refractivity contribution in [2.45, 2.75) is 58.2 Å². The van der Waals surface area contributed by atoms with Crippen molar-refractivity contribution in [1.82, 2.24) is 0 Å². The van der Waals surface area contributed by atoms with E-state index in [1.54, 1.807) is 0 Å². The van der Waals surface area contributed by atoms with Gasteiger partial charge in [0, 0.05) is 6.54 Å². The molecule has 2 unspecified atom stereocenters. The van der Waals surface area contributed by atoms with Crippen LogP contribution in [0.25, 0.3) is 0 Å². The third-order valence-electron chi connectivity index (χ3n) is 3.36. The quantitative estimate of drug-likeness (QED) is 0.711. The highest BCUT2D eigenvalue weighted by Crippen LogP contribution is 2.34. The molecule has 0 saturated heterocycles. The molecule has 3 nitrogen and oxygen atoms in total. The highest BCUT2D eigenvalue weighted by molar-refractivity contribution is 4.87. The number of hydrogen-bond acceptors (Lipinski definition) is 3. The van der Waals surface area contributed by atoms with Gasteiger partial charge in [-0.2, -0.15) is 0 Å². The minimum absolute atomic E-state index is 0.0714. The lowest BCUT2D eigenvalue weighted by Gasteiger charge is -2.39. The van der Waals surface area contributed by atoms with E-state index in [9.17, 15) is 0 Å². The van der Waals surface area contributed by atoms with Crippen molar-refractivity contribution in [1.29, 1.82) is 0 Å². The smallest absolute Gasteiger partial charge is 0.0807 e. The summed E-state index contributed by atoms with van der Waals surface area (Å²) in [5, 5.41) is 0. The Hall–Kier alpha value is -0.120. The van der Waals surface area contributed by atoms with Crippen LogP contribution in [-0.2, 0) is 9.47 Å². The van der Waals surface area contributed by atoms with Crippen molar-refractivity contribution in [2.75, 3.05) is 19.8 Å². The molecule has 0 heterocycles. The molecule has 0 aromatic rings. The third kappa shape index (κ3) is 4.40. The molecule has 96 valence electrons. The Balaban J connectivity index is 2.29. The van der Waals surface area contributed by atoms with Crippen LogP contribution in [0.3, 0.4) is 0 Å². The van der Waals surface area contributed by atoms with Crippen LogP contribution in [-0.4, -0.2) is 31.5 Å². The van der Waals surface area contributed by atoms with E-state index in [-0.39, 0.29) is 11.7 Å². The Morgan fingerprint density at radius 3 is 2.69 bits per heavy atom. The molecule has 2 atom stereocenters. The molecule has 0 aromatic carbocycles. The van der Waals surface area contributed by atoms with Gasteiger partial charge in [-0.25, -0.2) is 0 Å². The largest absolute Gasteiger partial charge is 0.376 e. The van der Waals surface area contributed by atoms with Gasteiger partial charge in [0.05, 0.1) is 24.9 Å². The summed E-state index contributed by atoms with van der Waals surface area (Å²) in [6, 6.07) is 0. The fourth-order valence-corrected chi connectivity index (χ4v) is 2.53. The van der Waals surface area contributed by atoms with Gasteiger partial charge in [0.15, 0.2) is 0 Å². The van der Waals surface area contributed by atoms with E-state index >= 15 is 0 Å². The maximum Gasteiger partial charge on any atom is 0.0807 e. The number of nitrogens with two attached hydrogens (primary N) is 1. The van der Waals surface area contributed by atoms with Gasteiger partial charge < -0.3 is 15.2 Å². The van der Waals surface area contributed by atoms with Gasteiger partial charge in [-0.05, 0) is 32.6 Å². The Morgan fingerprint density at radius 2 is 2.12 bits per heavy atom. The first-order chi connectivity index (χ1) is 7.58. The highest BCUT2D eigenvalue weighted by Gasteiger charge is 2.34. The predicted molar refractivity (Wildman–Crippen MR) is 66.5 cm³/mol. The zero-order valence-electron chi connectivity index (χ0n) is 11.0. The summed E-state index contributed by atoms with van der Waals surface area (Å²) in [4.78, 5) is 0. The van der Waals surface area contributed by atoms with Crippen LogP contribution >= 0.6 is 0 Å². The van der Waals surface area contributed by atoms with Gasteiger partial charge in [0.2, 0.25) is 0 Å². The highest BCUT2D eigenvalue weighted by atomic mass is 16.5. The lowest BCUT2D eigenvalue weighted by atomic mass is 9.79. The van der Waals surface area contributed by atoms with Crippen molar-refractivity contribution in [2.24, 2.45) is 11.7 Å². The lowest BCUT2D eigenvalue weighted by molar-refractivity contribution is -0.0958. The predicted octanol–water partition coefficient (Wildman–Crippen LogP) is 2.34. The van der Waals surface area contributed by atoms with Gasteiger partial charge in [0.1, 0.15) is 0 Å². The summed E-state index contributed by atoms with van der Waals surface area (Å²) in [7, 11) is 0. The Bertz CT molecular complexity index is 196. The second-order valence-corrected chi connectivity index (χ2v) is 5.36. The van der Waals surface area contributed by atoms with Crippen LogP contribution in [0.15, 0.2) is 0 Å². The van der Waals surface area contributed by atoms with Crippen LogP contribution in [0.2, 0.25) is 0 Å². The Labute approximate surface area is 99.7 Å². The zero-order valence-corrected chi connectivity index (χ0v) is 11.0. The van der Waals surface area contributed by atoms with Crippen LogP contribution in [0, 0.1) is 5.92 Å². The van der Waals surface area contributed by atoms with Crippen LogP contribution < -0.4 is 5.73 Å². The monoisotopic (exact) mass is 229 g/mol. The second-order valence-electron chi connectivity index (χ2n) is 5.36. The molecule has 1 rings (SSSR count). The van der Waals surface area contributed by atoms with Gasteiger partial charge in [0.25, 0.3) is 0 Å². The summed E-state index contributed by atoms with van der Waals surface area (Å²) in [6.45, 7) is 8.36. The van der Waals surface area contributed by atoms with Crippen molar-refractivity contribution >= 4 is 0 Å². The molecule has 16 heavy (non-hydrogen) atoms. The molecular weight excluding hydrogens is 202 g/mol. The summed E-state index contributed by atoms with van der Waals surface area (Å²) >= 11 is 0. The maximum atomic E-state index is 5.99. The van der Waals surface area contributed by atoms with Crippen LogP contribution in [0.5, 0.6) is 0 Å². The van der Waals surface area contributed by atoms with Crippen molar-refractivity contribution in [3.05, 3.63) is 0 Å². The second kappa shape index (κ2) is 6.58. The Morgan fingerprint density at radius 1 is 1.38 bits per heavy atom. The molecule has 3 heteroatoms. The first kappa shape index (κ1) is 13.9. The van der Waals surface area contributed by atoms with Gasteiger partial charge in [-0.15, -0.1) is 0 Å². The third-order valence-corrected chi connectivity index (χ3v) is 3.36. The van der Waals surface area contributed by atoms with E-state index in [1.807, 2.05) is 13.8 Å². The van der Waals surface area contributed by atoms with E-state index in [0.717, 1.165) is 18.8 Å². The molecule has 1 saturated carbocycles. The lowest BCUT2D eigenvalue weighted by Crippen LogP contribution is -2.45. The Kier molecular flexibility index (Phi) is 5.73. The average Bonchev–Trinajstić information content (AvgIpc) is 2.24. The normalized spacial score (nSPS) is 30.9. The molecule has 1 aliphatic rings. The molecule has 0 aromatic heterocycles. The maximum absolute atomic E-state index is 5.99. The molecule has 1 aliphatic carbocycles. The summed E-state index contributed by atoms with van der Waals surface area (Å²) in [5.74, 6) is 0.739. The van der Waals surface area contributed by atoms with Crippen molar-refractivity contribution in [3.8, 4) is 0 Å². The number of ether oxygens (including phenoxy) is 2. The van der Waals surface area contributed by atoms with E-state index < -0.39 is 0 Å². The molecule has 0 bridgehead atoms. The van der Waals surface area contributed by atoms with Crippen LogP contribution in [0.4, 0.5) is 0 Å². The van der Waals surface area contributed by atoms with E-state index in [1.165, 1.54) is 12.8 Å². The van der Waals surface area contributed by atoms with E-state index in [0.29, 0.717) is 19.8 Å². The number of hydrogen-bond donors (Lipinski definition) is 1. The zero-order chi connectivity index (χ0) is 12.0. The van der Waals surface area contributed by atoms with E-state index in [2.05, 4.69) is 6.92 Å². The summed E-state index contributed by atoms with van der Waals surface area (Å²) < 4.78 is 11.5. The SMILES string of the molecule is CC1CCCC(CN)(OCCOC(C)C)C1.